The van der Waals surface area contributed by atoms with Crippen LogP contribution in [-0.4, -0.2) is 65.9 Å². The number of nitrogens with one attached hydrogen (secondary N) is 3. The standard InChI is InChI=1S/C60H55F5N4O11/c1-36-22-23-41(26-43(36)28-47(57(72)77-33-38-16-8-3-9-17-38)68-56(71)46(66)30-45(70)31-67-59(74)78-34-39-18-10-4-11-19-39)42-24-25-49(76-32-37-14-6-2-7-15-37)44(27-42)29-48(69-60(75)79-35-40-20-12-5-13-21-40)58(73)80-55-53(64)51(62)50(61)52(63)54(55)65/h2-27,45-48,70H,28-35,66H2,1H3,(H,67,74)(H,68,71)(H,69,75)/t45-,46+,47+,48+/m1/s1. The Morgan fingerprint density at radius 1 is 0.525 bits per heavy atom. The van der Waals surface area contributed by atoms with Crippen LogP contribution in [-0.2, 0) is 67.9 Å². The summed E-state index contributed by atoms with van der Waals surface area (Å²) in [5.41, 5.74) is 11.3. The number of aryl methyl sites for hydroxylation is 1. The predicted octanol–water partition coefficient (Wildman–Crippen LogP) is 9.16. The number of halogens is 5. The lowest BCUT2D eigenvalue weighted by atomic mass is 9.93. The van der Waals surface area contributed by atoms with Crippen LogP contribution in [0.2, 0.25) is 0 Å². The number of aliphatic hydroxyl groups excluding tert-OH is 1. The van der Waals surface area contributed by atoms with E-state index in [1.54, 1.807) is 159 Å². The van der Waals surface area contributed by atoms with Gasteiger partial charge in [-0.05, 0) is 75.5 Å². The van der Waals surface area contributed by atoms with E-state index in [0.29, 0.717) is 33.4 Å². The number of benzene rings is 7. The van der Waals surface area contributed by atoms with Gasteiger partial charge in [0.25, 0.3) is 0 Å². The maximum Gasteiger partial charge on any atom is 0.408 e. The summed E-state index contributed by atoms with van der Waals surface area (Å²) < 4.78 is 99.8. The first-order valence-corrected chi connectivity index (χ1v) is 25.0. The number of hydrogen-bond donors (Lipinski definition) is 5. The molecule has 7 rings (SSSR count). The third kappa shape index (κ3) is 16.7. The molecule has 80 heavy (non-hydrogen) atoms. The molecular weight excluding hydrogens is 1050 g/mol. The minimum Gasteiger partial charge on any atom is -0.489 e. The summed E-state index contributed by atoms with van der Waals surface area (Å²) in [6, 6.07) is 40.4. The number of amides is 3. The molecule has 20 heteroatoms. The topological polar surface area (TPSA) is 214 Å². The molecule has 0 saturated carbocycles. The van der Waals surface area contributed by atoms with Crippen LogP contribution >= 0.6 is 0 Å². The Bertz CT molecular complexity index is 3230. The molecule has 416 valence electrons. The van der Waals surface area contributed by atoms with Gasteiger partial charge in [0.15, 0.2) is 0 Å². The highest BCUT2D eigenvalue weighted by Gasteiger charge is 2.33. The highest BCUT2D eigenvalue weighted by molar-refractivity contribution is 5.88. The van der Waals surface area contributed by atoms with E-state index in [4.69, 9.17) is 29.4 Å². The third-order valence-corrected chi connectivity index (χ3v) is 12.4. The largest absolute Gasteiger partial charge is 0.489 e. The van der Waals surface area contributed by atoms with Gasteiger partial charge >= 0.3 is 24.1 Å². The van der Waals surface area contributed by atoms with Gasteiger partial charge < -0.3 is 50.5 Å². The minimum atomic E-state index is -2.49. The van der Waals surface area contributed by atoms with Crippen molar-refractivity contribution in [2.24, 2.45) is 5.73 Å². The Labute approximate surface area is 456 Å². The minimum absolute atomic E-state index is 0.00903. The molecule has 0 saturated heterocycles. The summed E-state index contributed by atoms with van der Waals surface area (Å²) in [5.74, 6) is -17.1. The number of ether oxygens (including phenoxy) is 5. The fraction of sp³-hybridized carbons (Fsp3) is 0.217. The number of esters is 2. The van der Waals surface area contributed by atoms with Crippen molar-refractivity contribution in [1.29, 1.82) is 0 Å². The quantitative estimate of drug-likeness (QED) is 0.00957. The van der Waals surface area contributed by atoms with Gasteiger partial charge in [0.05, 0.1) is 12.1 Å². The number of alkyl carbamates (subject to hydrolysis) is 2. The third-order valence-electron chi connectivity index (χ3n) is 12.4. The van der Waals surface area contributed by atoms with E-state index in [9.17, 15) is 51.0 Å². The van der Waals surface area contributed by atoms with Crippen molar-refractivity contribution >= 4 is 30.0 Å². The van der Waals surface area contributed by atoms with E-state index in [1.807, 2.05) is 6.07 Å². The van der Waals surface area contributed by atoms with Gasteiger partial charge in [0.2, 0.25) is 40.7 Å². The Balaban J connectivity index is 1.15. The van der Waals surface area contributed by atoms with Crippen LogP contribution in [0.3, 0.4) is 0 Å². The highest BCUT2D eigenvalue weighted by Crippen LogP contribution is 2.33. The van der Waals surface area contributed by atoms with E-state index in [2.05, 4.69) is 16.0 Å². The zero-order valence-electron chi connectivity index (χ0n) is 43.0. The van der Waals surface area contributed by atoms with Crippen LogP contribution in [0.25, 0.3) is 11.1 Å². The molecule has 0 aliphatic carbocycles. The van der Waals surface area contributed by atoms with E-state index >= 15 is 0 Å². The number of nitrogens with two attached hydrogens (primary N) is 1. The molecule has 7 aromatic rings. The molecule has 3 amide bonds. The summed E-state index contributed by atoms with van der Waals surface area (Å²) in [5, 5.41) is 18.1. The lowest BCUT2D eigenvalue weighted by Gasteiger charge is -2.23. The second-order valence-corrected chi connectivity index (χ2v) is 18.3. The van der Waals surface area contributed by atoms with Gasteiger partial charge in [-0.15, -0.1) is 0 Å². The summed E-state index contributed by atoms with van der Waals surface area (Å²) in [6.07, 6.45) is -4.34. The molecule has 7 aromatic carbocycles. The van der Waals surface area contributed by atoms with Crippen LogP contribution < -0.4 is 31.2 Å². The molecule has 0 spiro atoms. The lowest BCUT2D eigenvalue weighted by molar-refractivity contribution is -0.149. The van der Waals surface area contributed by atoms with Gasteiger partial charge in [-0.1, -0.05) is 146 Å². The van der Waals surface area contributed by atoms with Gasteiger partial charge in [-0.25, -0.2) is 32.3 Å². The summed E-state index contributed by atoms with van der Waals surface area (Å²) >= 11 is 0. The average Bonchev–Trinajstić information content (AvgIpc) is 3.47. The zero-order valence-corrected chi connectivity index (χ0v) is 43.0. The molecule has 0 bridgehead atoms. The van der Waals surface area contributed by atoms with Crippen LogP contribution in [0.1, 0.15) is 45.4 Å². The monoisotopic (exact) mass is 1100 g/mol. The van der Waals surface area contributed by atoms with E-state index in [0.717, 1.165) is 11.1 Å². The predicted molar refractivity (Wildman–Crippen MR) is 282 cm³/mol. The smallest absolute Gasteiger partial charge is 0.408 e. The number of hydrogen-bond acceptors (Lipinski definition) is 12. The number of rotatable bonds is 24. The molecule has 15 nitrogen and oxygen atoms in total. The normalized spacial score (nSPS) is 12.4. The highest BCUT2D eigenvalue weighted by atomic mass is 19.2. The number of carbonyl (C=O) groups excluding carboxylic acids is 5. The summed E-state index contributed by atoms with van der Waals surface area (Å²) in [6.45, 7) is 1.02. The Kier molecular flexibility index (Phi) is 20.8. The van der Waals surface area contributed by atoms with Crippen molar-refractivity contribution in [3.05, 3.63) is 226 Å². The Hall–Kier alpha value is -9.14. The van der Waals surface area contributed by atoms with Gasteiger partial charge in [-0.3, -0.25) is 4.79 Å². The van der Waals surface area contributed by atoms with Crippen LogP contribution in [0, 0.1) is 36.0 Å². The summed E-state index contributed by atoms with van der Waals surface area (Å²) in [4.78, 5) is 67.2. The van der Waals surface area contributed by atoms with Crippen molar-refractivity contribution in [2.75, 3.05) is 6.54 Å². The first-order valence-electron chi connectivity index (χ1n) is 25.0. The molecule has 4 atom stereocenters. The molecule has 0 heterocycles. The van der Waals surface area contributed by atoms with Crippen molar-refractivity contribution in [3.63, 3.8) is 0 Å². The van der Waals surface area contributed by atoms with Crippen LogP contribution in [0.5, 0.6) is 11.5 Å². The fourth-order valence-corrected chi connectivity index (χ4v) is 8.01. The molecule has 0 unspecified atom stereocenters. The van der Waals surface area contributed by atoms with E-state index < -0.39 is 95.5 Å². The van der Waals surface area contributed by atoms with Crippen molar-refractivity contribution in [1.82, 2.24) is 16.0 Å². The van der Waals surface area contributed by atoms with Crippen LogP contribution in [0.15, 0.2) is 158 Å². The molecule has 0 aliphatic rings. The molecule has 6 N–H and O–H groups in total. The number of aliphatic hydroxyl groups is 1. The lowest BCUT2D eigenvalue weighted by Crippen LogP contribution is -2.51. The maximum atomic E-state index is 14.9. The van der Waals surface area contributed by atoms with Gasteiger partial charge in [0, 0.05) is 19.4 Å². The average molecular weight is 1100 g/mol. The Morgan fingerprint density at radius 2 is 0.975 bits per heavy atom. The second kappa shape index (κ2) is 28.5. The summed E-state index contributed by atoms with van der Waals surface area (Å²) in [7, 11) is 0. The number of carbonyl (C=O) groups is 5. The first-order chi connectivity index (χ1) is 38.5. The fourth-order valence-electron chi connectivity index (χ4n) is 8.01. The Morgan fingerprint density at radius 3 is 1.52 bits per heavy atom. The SMILES string of the molecule is Cc1ccc(-c2ccc(OCc3ccccc3)c(C[C@H](NC(=O)OCc3ccccc3)C(=O)Oc3c(F)c(F)c(F)c(F)c3F)c2)cc1C[C@H](NC(=O)[C@@H](N)C[C@@H](O)CNC(=O)OCc1ccccc1)C(=O)OCc1ccccc1. The van der Waals surface area contributed by atoms with Crippen LogP contribution in [0.4, 0.5) is 31.5 Å². The van der Waals surface area contributed by atoms with Crippen molar-refractivity contribution in [3.8, 4) is 22.6 Å². The van der Waals surface area contributed by atoms with Gasteiger partial charge in [-0.2, -0.15) is 8.78 Å². The maximum absolute atomic E-state index is 14.9. The van der Waals surface area contributed by atoms with Crippen molar-refractivity contribution in [2.45, 2.75) is 76.8 Å². The molecule has 0 fully saturated rings. The zero-order chi connectivity index (χ0) is 57.1. The van der Waals surface area contributed by atoms with E-state index in [-0.39, 0.29) is 57.1 Å². The first kappa shape index (κ1) is 58.5. The molecular formula is C60H55F5N4O11. The molecule has 0 radical (unpaired) electrons. The molecule has 0 aliphatic heterocycles. The second-order valence-electron chi connectivity index (χ2n) is 18.3. The van der Waals surface area contributed by atoms with Crippen molar-refractivity contribution < 1.29 is 74.7 Å². The molecule has 0 aromatic heterocycles. The van der Waals surface area contributed by atoms with E-state index in [1.165, 1.54) is 0 Å². The van der Waals surface area contributed by atoms with Gasteiger partial charge in [0.1, 0.15) is 44.3 Å².